The zero-order valence-electron chi connectivity index (χ0n) is 16.9. The van der Waals surface area contributed by atoms with Crippen LogP contribution in [-0.4, -0.2) is 20.4 Å². The summed E-state index contributed by atoms with van der Waals surface area (Å²) in [7, 11) is 0. The zero-order chi connectivity index (χ0) is 23.0. The molecule has 0 saturated heterocycles. The van der Waals surface area contributed by atoms with Gasteiger partial charge in [0.2, 0.25) is 5.91 Å². The van der Waals surface area contributed by atoms with Crippen LogP contribution in [0.2, 0.25) is 0 Å². The number of aromatic amines is 1. The topological polar surface area (TPSA) is 96.9 Å². The first kappa shape index (κ1) is 21.5. The van der Waals surface area contributed by atoms with Crippen LogP contribution in [0.1, 0.15) is 37.5 Å². The second kappa shape index (κ2) is 8.45. The number of fused-ring (bicyclic) bond motifs is 1. The van der Waals surface area contributed by atoms with Crippen molar-refractivity contribution in [1.82, 2.24) is 19.9 Å². The van der Waals surface area contributed by atoms with Crippen LogP contribution in [0, 0.1) is 23.4 Å². The lowest BCUT2D eigenvalue weighted by atomic mass is 9.88. The molecule has 2 heterocycles. The van der Waals surface area contributed by atoms with Crippen LogP contribution >= 0.6 is 0 Å². The van der Waals surface area contributed by atoms with E-state index in [2.05, 4.69) is 15.3 Å². The lowest BCUT2D eigenvalue weighted by Crippen LogP contribution is -2.46. The van der Waals surface area contributed by atoms with Gasteiger partial charge in [-0.05, 0) is 43.9 Å². The number of rotatable bonds is 6. The minimum absolute atomic E-state index is 0.0451. The second-order valence-corrected chi connectivity index (χ2v) is 7.72. The maximum atomic E-state index is 14.1. The van der Waals surface area contributed by atoms with Crippen molar-refractivity contribution in [3.8, 4) is 0 Å². The SMILES string of the molecule is CC(NC(=O)C(CC1C=CC1)n1c(=O)[nH]c2ccc(F)cc2c1=O)c1ncc(F)cc1F. The fourth-order valence-corrected chi connectivity index (χ4v) is 3.72. The van der Waals surface area contributed by atoms with Gasteiger partial charge in [-0.3, -0.25) is 14.6 Å². The largest absolute Gasteiger partial charge is 0.346 e. The lowest BCUT2D eigenvalue weighted by molar-refractivity contribution is -0.125. The minimum atomic E-state index is -1.24. The first-order chi connectivity index (χ1) is 15.2. The number of carbonyl (C=O) groups is 1. The Labute approximate surface area is 179 Å². The highest BCUT2D eigenvalue weighted by Crippen LogP contribution is 2.27. The highest BCUT2D eigenvalue weighted by Gasteiger charge is 2.30. The van der Waals surface area contributed by atoms with Crippen LogP contribution < -0.4 is 16.6 Å². The van der Waals surface area contributed by atoms with Crippen molar-refractivity contribution in [1.29, 1.82) is 0 Å². The number of pyridine rings is 1. The molecule has 3 atom stereocenters. The molecule has 1 aliphatic carbocycles. The Morgan fingerprint density at radius 1 is 1.25 bits per heavy atom. The number of nitrogens with one attached hydrogen (secondary N) is 2. The summed E-state index contributed by atoms with van der Waals surface area (Å²) in [4.78, 5) is 45.1. The third kappa shape index (κ3) is 4.08. The molecular weight excluding hydrogens is 425 g/mol. The van der Waals surface area contributed by atoms with Crippen molar-refractivity contribution in [2.75, 3.05) is 0 Å². The second-order valence-electron chi connectivity index (χ2n) is 7.72. The van der Waals surface area contributed by atoms with Crippen LogP contribution in [0.4, 0.5) is 13.2 Å². The van der Waals surface area contributed by atoms with Gasteiger partial charge in [0.25, 0.3) is 5.56 Å². The van der Waals surface area contributed by atoms with E-state index < -0.39 is 46.7 Å². The fourth-order valence-electron chi connectivity index (χ4n) is 3.72. The molecule has 4 rings (SSSR count). The molecule has 10 heteroatoms. The van der Waals surface area contributed by atoms with Gasteiger partial charge >= 0.3 is 5.69 Å². The van der Waals surface area contributed by atoms with E-state index in [9.17, 15) is 27.6 Å². The van der Waals surface area contributed by atoms with Gasteiger partial charge in [0.1, 0.15) is 23.5 Å². The van der Waals surface area contributed by atoms with E-state index in [0.717, 1.165) is 22.9 Å². The Hall–Kier alpha value is -3.69. The van der Waals surface area contributed by atoms with Gasteiger partial charge in [0.15, 0.2) is 0 Å². The van der Waals surface area contributed by atoms with Crippen LogP contribution in [0.15, 0.2) is 52.2 Å². The third-order valence-electron chi connectivity index (χ3n) is 5.48. The smallest absolute Gasteiger partial charge is 0.329 e. The average Bonchev–Trinajstić information content (AvgIpc) is 2.69. The Balaban J connectivity index is 1.73. The number of amides is 1. The lowest BCUT2D eigenvalue weighted by Gasteiger charge is -2.26. The number of hydrogen-bond acceptors (Lipinski definition) is 4. The van der Waals surface area contributed by atoms with Crippen LogP contribution in [0.3, 0.4) is 0 Å². The Bertz CT molecular complexity index is 1350. The van der Waals surface area contributed by atoms with Crippen LogP contribution in [0.5, 0.6) is 0 Å². The van der Waals surface area contributed by atoms with Crippen molar-refractivity contribution in [3.63, 3.8) is 0 Å². The molecule has 32 heavy (non-hydrogen) atoms. The molecule has 1 aromatic carbocycles. The Morgan fingerprint density at radius 2 is 2.00 bits per heavy atom. The number of allylic oxidation sites excluding steroid dienone is 2. The molecule has 7 nitrogen and oxygen atoms in total. The summed E-state index contributed by atoms with van der Waals surface area (Å²) >= 11 is 0. The fraction of sp³-hybridized carbons (Fsp3) is 0.273. The molecule has 0 fully saturated rings. The average molecular weight is 444 g/mol. The molecule has 0 bridgehead atoms. The maximum absolute atomic E-state index is 14.1. The number of benzene rings is 1. The molecule has 0 spiro atoms. The van der Waals surface area contributed by atoms with E-state index in [1.165, 1.54) is 13.0 Å². The summed E-state index contributed by atoms with van der Waals surface area (Å²) in [6, 6.07) is 1.82. The number of hydrogen-bond donors (Lipinski definition) is 2. The van der Waals surface area contributed by atoms with Gasteiger partial charge in [0.05, 0.1) is 28.8 Å². The van der Waals surface area contributed by atoms with Crippen LogP contribution in [-0.2, 0) is 4.79 Å². The van der Waals surface area contributed by atoms with E-state index in [0.29, 0.717) is 12.5 Å². The summed E-state index contributed by atoms with van der Waals surface area (Å²) < 4.78 is 41.7. The molecule has 2 N–H and O–H groups in total. The van der Waals surface area contributed by atoms with E-state index >= 15 is 0 Å². The molecule has 2 aromatic heterocycles. The van der Waals surface area contributed by atoms with Crippen molar-refractivity contribution in [3.05, 3.63) is 86.6 Å². The molecule has 3 aromatic rings. The molecular formula is C22H19F3N4O3. The van der Waals surface area contributed by atoms with E-state index in [-0.39, 0.29) is 28.9 Å². The molecule has 0 aliphatic heterocycles. The predicted octanol–water partition coefficient (Wildman–Crippen LogP) is 2.89. The zero-order valence-corrected chi connectivity index (χ0v) is 16.9. The number of carbonyl (C=O) groups excluding carboxylic acids is 1. The highest BCUT2D eigenvalue weighted by molar-refractivity contribution is 5.82. The summed E-state index contributed by atoms with van der Waals surface area (Å²) in [5, 5.41) is 2.47. The monoisotopic (exact) mass is 444 g/mol. The molecule has 1 amide bonds. The van der Waals surface area contributed by atoms with Gasteiger partial charge in [-0.25, -0.2) is 22.5 Å². The summed E-state index contributed by atoms with van der Waals surface area (Å²) in [5.74, 6) is -3.22. The van der Waals surface area contributed by atoms with Gasteiger partial charge < -0.3 is 10.3 Å². The molecule has 1 aliphatic rings. The third-order valence-corrected chi connectivity index (χ3v) is 5.48. The summed E-state index contributed by atoms with van der Waals surface area (Å²) in [6.07, 6.45) is 5.37. The van der Waals surface area contributed by atoms with E-state index in [1.807, 2.05) is 12.2 Å². The quantitative estimate of drug-likeness (QED) is 0.572. The molecule has 0 saturated carbocycles. The molecule has 3 unspecified atom stereocenters. The highest BCUT2D eigenvalue weighted by atomic mass is 19.1. The standard InChI is InChI=1S/C22H19F3N4O3/c1-11(19-16(25)9-14(24)10-26-19)27-20(30)18(7-12-3-2-4-12)29-21(31)15-8-13(23)5-6-17(15)28-22(29)32/h2-3,5-6,8-12,18H,4,7H2,1H3,(H,27,30)(H,28,32). The van der Waals surface area contributed by atoms with Crippen molar-refractivity contribution >= 4 is 16.8 Å². The normalized spacial score (nSPS) is 17.1. The Morgan fingerprint density at radius 3 is 2.66 bits per heavy atom. The van der Waals surface area contributed by atoms with Gasteiger partial charge in [-0.1, -0.05) is 12.2 Å². The summed E-state index contributed by atoms with van der Waals surface area (Å²) in [6.45, 7) is 1.45. The van der Waals surface area contributed by atoms with E-state index in [1.54, 1.807) is 0 Å². The van der Waals surface area contributed by atoms with E-state index in [4.69, 9.17) is 0 Å². The summed E-state index contributed by atoms with van der Waals surface area (Å²) in [5.41, 5.74) is -1.68. The first-order valence-corrected chi connectivity index (χ1v) is 9.96. The van der Waals surface area contributed by atoms with Gasteiger partial charge in [-0.2, -0.15) is 0 Å². The first-order valence-electron chi connectivity index (χ1n) is 9.96. The number of nitrogens with zero attached hydrogens (tertiary/aromatic N) is 2. The predicted molar refractivity (Wildman–Crippen MR) is 110 cm³/mol. The maximum Gasteiger partial charge on any atom is 0.329 e. The molecule has 0 radical (unpaired) electrons. The number of H-pyrrole nitrogens is 1. The number of aromatic nitrogens is 3. The Kier molecular flexibility index (Phi) is 5.68. The van der Waals surface area contributed by atoms with Gasteiger partial charge in [0, 0.05) is 6.07 Å². The van der Waals surface area contributed by atoms with Crippen molar-refractivity contribution < 1.29 is 18.0 Å². The molecule has 166 valence electrons. The van der Waals surface area contributed by atoms with Gasteiger partial charge in [-0.15, -0.1) is 0 Å². The minimum Gasteiger partial charge on any atom is -0.346 e. The van der Waals surface area contributed by atoms with Crippen LogP contribution in [0.25, 0.3) is 10.9 Å². The van der Waals surface area contributed by atoms with Crippen molar-refractivity contribution in [2.24, 2.45) is 5.92 Å². The van der Waals surface area contributed by atoms with Crippen molar-refractivity contribution in [2.45, 2.75) is 31.8 Å². The number of halogens is 3.